The summed E-state index contributed by atoms with van der Waals surface area (Å²) in [7, 11) is 2.22. The van der Waals surface area contributed by atoms with E-state index in [0.29, 0.717) is 4.90 Å². The zero-order valence-corrected chi connectivity index (χ0v) is 15.4. The van der Waals surface area contributed by atoms with E-state index in [1.807, 2.05) is 0 Å². The number of nitrogens with one attached hydrogen (secondary N) is 1. The van der Waals surface area contributed by atoms with E-state index in [4.69, 9.17) is 0 Å². The lowest BCUT2D eigenvalue weighted by Crippen LogP contribution is -2.31. The molecule has 0 saturated heterocycles. The SMILES string of the molecule is CC(=O)NCc1c(F)ccc(N(C)C(=O)c2c(C(F)(F)F)c(C)nn2C)c1F. The van der Waals surface area contributed by atoms with Crippen molar-refractivity contribution < 1.29 is 31.5 Å². The first-order valence-electron chi connectivity index (χ1n) is 7.96. The average Bonchev–Trinajstić information content (AvgIpc) is 2.87. The summed E-state index contributed by atoms with van der Waals surface area (Å²) < 4.78 is 69.4. The molecule has 6 nitrogen and oxygen atoms in total. The first-order valence-corrected chi connectivity index (χ1v) is 7.96. The van der Waals surface area contributed by atoms with Crippen LogP contribution in [0.15, 0.2) is 12.1 Å². The van der Waals surface area contributed by atoms with E-state index in [1.54, 1.807) is 0 Å². The number of hydrogen-bond acceptors (Lipinski definition) is 3. The van der Waals surface area contributed by atoms with Gasteiger partial charge in [-0.1, -0.05) is 0 Å². The molecule has 11 heteroatoms. The van der Waals surface area contributed by atoms with Gasteiger partial charge in [-0.15, -0.1) is 0 Å². The highest BCUT2D eigenvalue weighted by atomic mass is 19.4. The molecule has 0 spiro atoms. The van der Waals surface area contributed by atoms with Crippen LogP contribution in [0.2, 0.25) is 0 Å². The van der Waals surface area contributed by atoms with Crippen LogP contribution in [0.25, 0.3) is 0 Å². The number of benzene rings is 1. The van der Waals surface area contributed by atoms with Crippen molar-refractivity contribution in [3.8, 4) is 0 Å². The molecule has 0 saturated carbocycles. The predicted molar refractivity (Wildman–Crippen MR) is 89.6 cm³/mol. The van der Waals surface area contributed by atoms with Gasteiger partial charge in [0.25, 0.3) is 5.91 Å². The second-order valence-electron chi connectivity index (χ2n) is 6.06. The number of carbonyl (C=O) groups excluding carboxylic acids is 2. The maximum Gasteiger partial charge on any atom is 0.420 e. The van der Waals surface area contributed by atoms with E-state index in [9.17, 15) is 31.5 Å². The molecule has 0 aliphatic carbocycles. The highest BCUT2D eigenvalue weighted by molar-refractivity contribution is 6.06. The maximum atomic E-state index is 14.7. The molecule has 1 heterocycles. The number of halogens is 5. The lowest BCUT2D eigenvalue weighted by Gasteiger charge is -2.21. The fraction of sp³-hybridized carbons (Fsp3) is 0.353. The Morgan fingerprint density at radius 1 is 1.25 bits per heavy atom. The Balaban J connectivity index is 2.51. The molecule has 2 aromatic rings. The molecular weight excluding hydrogens is 387 g/mol. The fourth-order valence-electron chi connectivity index (χ4n) is 2.73. The molecule has 0 radical (unpaired) electrons. The van der Waals surface area contributed by atoms with E-state index in [0.717, 1.165) is 44.8 Å². The topological polar surface area (TPSA) is 67.2 Å². The van der Waals surface area contributed by atoms with E-state index in [1.165, 1.54) is 0 Å². The van der Waals surface area contributed by atoms with Crippen molar-refractivity contribution >= 4 is 17.5 Å². The van der Waals surface area contributed by atoms with Crippen molar-refractivity contribution in [2.75, 3.05) is 11.9 Å². The van der Waals surface area contributed by atoms with Crippen LogP contribution < -0.4 is 10.2 Å². The zero-order chi connectivity index (χ0) is 21.4. The molecule has 0 atom stereocenters. The summed E-state index contributed by atoms with van der Waals surface area (Å²) in [6, 6.07) is 1.79. The van der Waals surface area contributed by atoms with E-state index in [-0.39, 0.29) is 0 Å². The Labute approximate surface area is 156 Å². The van der Waals surface area contributed by atoms with E-state index < -0.39 is 64.4 Å². The molecule has 0 unspecified atom stereocenters. The molecule has 0 aliphatic rings. The number of alkyl halides is 3. The highest BCUT2D eigenvalue weighted by Crippen LogP contribution is 2.35. The monoisotopic (exact) mass is 404 g/mol. The Morgan fingerprint density at radius 2 is 1.86 bits per heavy atom. The van der Waals surface area contributed by atoms with Crippen LogP contribution in [0, 0.1) is 18.6 Å². The van der Waals surface area contributed by atoms with E-state index >= 15 is 0 Å². The molecule has 0 bridgehead atoms. The van der Waals surface area contributed by atoms with Gasteiger partial charge in [-0.25, -0.2) is 8.78 Å². The molecule has 2 rings (SSSR count). The van der Waals surface area contributed by atoms with Crippen LogP contribution in [-0.2, 0) is 24.6 Å². The molecule has 152 valence electrons. The Bertz CT molecular complexity index is 937. The van der Waals surface area contributed by atoms with Gasteiger partial charge in [0.15, 0.2) is 5.82 Å². The van der Waals surface area contributed by atoms with Crippen molar-refractivity contribution in [3.63, 3.8) is 0 Å². The number of anilines is 1. The van der Waals surface area contributed by atoms with Gasteiger partial charge in [0.2, 0.25) is 5.91 Å². The summed E-state index contributed by atoms with van der Waals surface area (Å²) in [6.45, 7) is 1.77. The van der Waals surface area contributed by atoms with Crippen molar-refractivity contribution in [3.05, 3.63) is 46.3 Å². The quantitative estimate of drug-likeness (QED) is 0.797. The Morgan fingerprint density at radius 3 is 2.39 bits per heavy atom. The van der Waals surface area contributed by atoms with Gasteiger partial charge < -0.3 is 10.2 Å². The number of aryl methyl sites for hydroxylation is 2. The number of carbonyl (C=O) groups is 2. The maximum absolute atomic E-state index is 14.7. The van der Waals surface area contributed by atoms with Gasteiger partial charge in [0, 0.05) is 33.1 Å². The van der Waals surface area contributed by atoms with Gasteiger partial charge in [0.1, 0.15) is 17.1 Å². The van der Waals surface area contributed by atoms with Crippen molar-refractivity contribution in [2.24, 2.45) is 7.05 Å². The number of amides is 2. The smallest absolute Gasteiger partial charge is 0.352 e. The first-order chi connectivity index (χ1) is 12.9. The third kappa shape index (κ3) is 3.97. The summed E-state index contributed by atoms with van der Waals surface area (Å²) in [6.07, 6.45) is -4.85. The fourth-order valence-corrected chi connectivity index (χ4v) is 2.73. The standard InChI is InChI=1S/C17H17F5N4O2/c1-8-13(17(20,21)22)15(26(4)24-8)16(28)25(3)12-6-5-11(18)10(14(12)19)7-23-9(2)27/h5-6H,7H2,1-4H3,(H,23,27). The molecule has 1 aromatic heterocycles. The molecule has 2 amide bonds. The number of aromatic nitrogens is 2. The molecular formula is C17H17F5N4O2. The third-order valence-corrected chi connectivity index (χ3v) is 4.05. The van der Waals surface area contributed by atoms with Crippen LogP contribution in [-0.4, -0.2) is 28.6 Å². The minimum atomic E-state index is -4.85. The number of hydrogen-bond donors (Lipinski definition) is 1. The van der Waals surface area contributed by atoms with Crippen LogP contribution >= 0.6 is 0 Å². The summed E-state index contributed by atoms with van der Waals surface area (Å²) >= 11 is 0. The summed E-state index contributed by atoms with van der Waals surface area (Å²) in [5, 5.41) is 5.85. The zero-order valence-electron chi connectivity index (χ0n) is 15.4. The van der Waals surface area contributed by atoms with Crippen molar-refractivity contribution in [1.82, 2.24) is 15.1 Å². The molecule has 0 fully saturated rings. The molecule has 1 N–H and O–H groups in total. The predicted octanol–water partition coefficient (Wildman–Crippen LogP) is 2.94. The summed E-state index contributed by atoms with van der Waals surface area (Å²) in [5.74, 6) is -3.85. The van der Waals surface area contributed by atoms with Gasteiger partial charge in [-0.2, -0.15) is 18.3 Å². The van der Waals surface area contributed by atoms with Crippen molar-refractivity contribution in [2.45, 2.75) is 26.6 Å². The largest absolute Gasteiger partial charge is 0.420 e. The van der Waals surface area contributed by atoms with Gasteiger partial charge in [-0.3, -0.25) is 14.3 Å². The van der Waals surface area contributed by atoms with Gasteiger partial charge >= 0.3 is 6.18 Å². The lowest BCUT2D eigenvalue weighted by atomic mass is 10.1. The third-order valence-electron chi connectivity index (χ3n) is 4.05. The minimum absolute atomic E-state index is 0.405. The minimum Gasteiger partial charge on any atom is -0.352 e. The normalized spacial score (nSPS) is 11.5. The Hall–Kier alpha value is -2.98. The van der Waals surface area contributed by atoms with E-state index in [2.05, 4.69) is 10.4 Å². The molecule has 0 aliphatic heterocycles. The summed E-state index contributed by atoms with van der Waals surface area (Å²) in [5.41, 5.74) is -3.38. The average molecular weight is 404 g/mol. The van der Waals surface area contributed by atoms with Gasteiger partial charge in [-0.05, 0) is 19.1 Å². The number of rotatable bonds is 4. The number of nitrogens with zero attached hydrogens (tertiary/aromatic N) is 3. The van der Waals surface area contributed by atoms with Crippen molar-refractivity contribution in [1.29, 1.82) is 0 Å². The second-order valence-corrected chi connectivity index (χ2v) is 6.06. The van der Waals surface area contributed by atoms with Gasteiger partial charge in [0.05, 0.1) is 11.4 Å². The summed E-state index contributed by atoms with van der Waals surface area (Å²) in [4.78, 5) is 24.3. The molecule has 1 aromatic carbocycles. The lowest BCUT2D eigenvalue weighted by molar-refractivity contribution is -0.138. The Kier molecular flexibility index (Phi) is 5.76. The van der Waals surface area contributed by atoms with Crippen LogP contribution in [0.5, 0.6) is 0 Å². The van der Waals surface area contributed by atoms with Crippen LogP contribution in [0.3, 0.4) is 0 Å². The van der Waals surface area contributed by atoms with Crippen LogP contribution in [0.4, 0.5) is 27.6 Å². The van der Waals surface area contributed by atoms with Crippen LogP contribution in [0.1, 0.15) is 34.2 Å². The second kappa shape index (κ2) is 7.56. The molecule has 28 heavy (non-hydrogen) atoms. The first kappa shape index (κ1) is 21.3. The highest BCUT2D eigenvalue weighted by Gasteiger charge is 2.41.